The van der Waals surface area contributed by atoms with Crippen LogP contribution in [0, 0.1) is 27.7 Å². The van der Waals surface area contributed by atoms with Gasteiger partial charge in [-0.3, -0.25) is 9.36 Å². The Morgan fingerprint density at radius 3 is 2.46 bits per heavy atom. The van der Waals surface area contributed by atoms with E-state index in [2.05, 4.69) is 39.1 Å². The molecule has 1 aliphatic rings. The molecule has 4 rings (SSSR count). The first-order valence-electron chi connectivity index (χ1n) is 12.1. The molecule has 1 aromatic heterocycles. The van der Waals surface area contributed by atoms with E-state index in [0.29, 0.717) is 12.6 Å². The molecule has 3 aromatic rings. The second kappa shape index (κ2) is 11.5. The molecule has 35 heavy (non-hydrogen) atoms. The molecule has 186 valence electrons. The molecule has 0 aliphatic heterocycles. The van der Waals surface area contributed by atoms with E-state index < -0.39 is 0 Å². The van der Waals surface area contributed by atoms with Crippen LogP contribution in [0.5, 0.6) is 5.75 Å². The van der Waals surface area contributed by atoms with Crippen molar-refractivity contribution in [3.8, 4) is 5.75 Å². The van der Waals surface area contributed by atoms with Crippen molar-refractivity contribution in [2.45, 2.75) is 77.6 Å². The molecule has 1 amide bonds. The second-order valence-corrected chi connectivity index (χ2v) is 10.7. The molecule has 2 aromatic carbocycles. The highest BCUT2D eigenvalue weighted by Gasteiger charge is 2.24. The fraction of sp³-hybridized carbons (Fsp3) is 0.444. The molecule has 0 radical (unpaired) electrons. The number of amides is 1. The third kappa shape index (κ3) is 6.39. The summed E-state index contributed by atoms with van der Waals surface area (Å²) in [5.41, 5.74) is 5.20. The largest absolute Gasteiger partial charge is 0.486 e. The lowest BCUT2D eigenvalue weighted by molar-refractivity contribution is -0.113. The highest BCUT2D eigenvalue weighted by molar-refractivity contribution is 7.99. The van der Waals surface area contributed by atoms with E-state index in [1.54, 1.807) is 0 Å². The first kappa shape index (κ1) is 25.6. The molecule has 1 saturated carbocycles. The maximum absolute atomic E-state index is 12.8. The Morgan fingerprint density at radius 1 is 1.06 bits per heavy atom. The highest BCUT2D eigenvalue weighted by atomic mass is 35.5. The van der Waals surface area contributed by atoms with Crippen molar-refractivity contribution >= 4 is 35.0 Å². The fourth-order valence-corrected chi connectivity index (χ4v) is 5.69. The van der Waals surface area contributed by atoms with E-state index in [-0.39, 0.29) is 11.7 Å². The molecule has 1 fully saturated rings. The van der Waals surface area contributed by atoms with Crippen LogP contribution in [0.15, 0.2) is 35.5 Å². The number of nitrogens with one attached hydrogen (secondary N) is 1. The Kier molecular flexibility index (Phi) is 8.39. The lowest BCUT2D eigenvalue weighted by Crippen LogP contribution is -2.19. The quantitative estimate of drug-likeness (QED) is 0.330. The Hall–Kier alpha value is -2.51. The van der Waals surface area contributed by atoms with E-state index in [1.165, 1.54) is 36.6 Å². The van der Waals surface area contributed by atoms with Crippen LogP contribution in [0.1, 0.15) is 66.2 Å². The van der Waals surface area contributed by atoms with Gasteiger partial charge in [-0.1, -0.05) is 60.3 Å². The minimum Gasteiger partial charge on any atom is -0.486 e. The minimum absolute atomic E-state index is 0.0438. The lowest BCUT2D eigenvalue weighted by atomic mass is 9.95. The summed E-state index contributed by atoms with van der Waals surface area (Å²) in [7, 11) is 0. The standard InChI is InChI=1S/C27H33ClN4O2S/c1-17-12-19(3)26(20(4)13-17)29-25(33)16-35-27-31-30-24(32(27)21-8-6-5-7-9-21)15-34-22-10-11-23(28)18(2)14-22/h10-14,21H,5-9,15-16H2,1-4H3,(H,29,33). The van der Waals surface area contributed by atoms with E-state index in [0.717, 1.165) is 57.0 Å². The number of anilines is 1. The summed E-state index contributed by atoms with van der Waals surface area (Å²) < 4.78 is 8.24. The number of nitrogens with zero attached hydrogens (tertiary/aromatic N) is 3. The number of carbonyl (C=O) groups is 1. The Balaban J connectivity index is 1.47. The number of benzene rings is 2. The molecule has 1 aliphatic carbocycles. The predicted molar refractivity (Wildman–Crippen MR) is 143 cm³/mol. The van der Waals surface area contributed by atoms with Gasteiger partial charge < -0.3 is 10.1 Å². The first-order valence-corrected chi connectivity index (χ1v) is 13.5. The molecule has 0 atom stereocenters. The van der Waals surface area contributed by atoms with Crippen LogP contribution < -0.4 is 10.1 Å². The van der Waals surface area contributed by atoms with Gasteiger partial charge in [0.2, 0.25) is 5.91 Å². The van der Waals surface area contributed by atoms with Crippen LogP contribution in [0.25, 0.3) is 0 Å². The molecular weight excluding hydrogens is 480 g/mol. The van der Waals surface area contributed by atoms with Gasteiger partial charge in [0.25, 0.3) is 0 Å². The average Bonchev–Trinajstić information content (AvgIpc) is 3.24. The smallest absolute Gasteiger partial charge is 0.234 e. The van der Waals surface area contributed by atoms with Crippen LogP contribution in [0.2, 0.25) is 5.02 Å². The predicted octanol–water partition coefficient (Wildman–Crippen LogP) is 6.98. The Morgan fingerprint density at radius 2 is 1.77 bits per heavy atom. The number of aromatic nitrogens is 3. The maximum Gasteiger partial charge on any atom is 0.234 e. The molecular formula is C27H33ClN4O2S. The second-order valence-electron chi connectivity index (χ2n) is 9.37. The fourth-order valence-electron chi connectivity index (χ4n) is 4.75. The monoisotopic (exact) mass is 512 g/mol. The molecule has 6 nitrogen and oxygen atoms in total. The van der Waals surface area contributed by atoms with Crippen molar-refractivity contribution in [2.24, 2.45) is 0 Å². The van der Waals surface area contributed by atoms with E-state index in [1.807, 2.05) is 39.0 Å². The van der Waals surface area contributed by atoms with Crippen LogP contribution in [0.4, 0.5) is 5.69 Å². The normalized spacial score (nSPS) is 14.2. The third-order valence-electron chi connectivity index (χ3n) is 6.45. The van der Waals surface area contributed by atoms with Gasteiger partial charge in [-0.2, -0.15) is 0 Å². The van der Waals surface area contributed by atoms with Crippen molar-refractivity contribution in [3.05, 3.63) is 63.4 Å². The van der Waals surface area contributed by atoms with Crippen LogP contribution in [-0.2, 0) is 11.4 Å². The topological polar surface area (TPSA) is 69.0 Å². The van der Waals surface area contributed by atoms with E-state index >= 15 is 0 Å². The van der Waals surface area contributed by atoms with Crippen LogP contribution >= 0.6 is 23.4 Å². The van der Waals surface area contributed by atoms with Crippen LogP contribution in [0.3, 0.4) is 0 Å². The molecule has 0 saturated heterocycles. The molecule has 1 N–H and O–H groups in total. The van der Waals surface area contributed by atoms with Crippen molar-refractivity contribution in [1.29, 1.82) is 0 Å². The zero-order valence-electron chi connectivity index (χ0n) is 20.9. The van der Waals surface area contributed by atoms with Crippen LogP contribution in [-0.4, -0.2) is 26.4 Å². The SMILES string of the molecule is Cc1cc(C)c(NC(=O)CSc2nnc(COc3ccc(Cl)c(C)c3)n2C2CCCCC2)c(C)c1. The van der Waals surface area contributed by atoms with E-state index in [4.69, 9.17) is 16.3 Å². The maximum atomic E-state index is 12.8. The molecule has 8 heteroatoms. The summed E-state index contributed by atoms with van der Waals surface area (Å²) in [6.07, 6.45) is 5.82. The summed E-state index contributed by atoms with van der Waals surface area (Å²) in [6, 6.07) is 10.1. The van der Waals surface area contributed by atoms with Gasteiger partial charge in [0.1, 0.15) is 12.4 Å². The van der Waals surface area contributed by atoms with Gasteiger partial charge in [0, 0.05) is 16.8 Å². The van der Waals surface area contributed by atoms with Crippen molar-refractivity contribution in [1.82, 2.24) is 14.8 Å². The number of hydrogen-bond acceptors (Lipinski definition) is 5. The molecule has 0 unspecified atom stereocenters. The summed E-state index contributed by atoms with van der Waals surface area (Å²) in [5.74, 6) is 1.77. The third-order valence-corrected chi connectivity index (χ3v) is 7.81. The summed E-state index contributed by atoms with van der Waals surface area (Å²) in [6.45, 7) is 8.39. The van der Waals surface area contributed by atoms with Gasteiger partial charge >= 0.3 is 0 Å². The van der Waals surface area contributed by atoms with Crippen molar-refractivity contribution in [3.63, 3.8) is 0 Å². The summed E-state index contributed by atoms with van der Waals surface area (Å²) in [4.78, 5) is 12.8. The number of hydrogen-bond donors (Lipinski definition) is 1. The number of ether oxygens (including phenoxy) is 1. The number of thioether (sulfide) groups is 1. The molecule has 0 bridgehead atoms. The number of aryl methyl sites for hydroxylation is 4. The van der Waals surface area contributed by atoms with Crippen molar-refractivity contribution < 1.29 is 9.53 Å². The zero-order chi connectivity index (χ0) is 24.9. The zero-order valence-corrected chi connectivity index (χ0v) is 22.4. The van der Waals surface area contributed by atoms with Gasteiger partial charge in [-0.05, 0) is 75.4 Å². The van der Waals surface area contributed by atoms with Crippen molar-refractivity contribution in [2.75, 3.05) is 11.1 Å². The lowest BCUT2D eigenvalue weighted by Gasteiger charge is -2.25. The highest BCUT2D eigenvalue weighted by Crippen LogP contribution is 2.33. The first-order chi connectivity index (χ1) is 16.8. The average molecular weight is 513 g/mol. The summed E-state index contributed by atoms with van der Waals surface area (Å²) in [5, 5.41) is 13.5. The number of carbonyl (C=O) groups excluding carboxylic acids is 1. The van der Waals surface area contributed by atoms with Gasteiger partial charge in [-0.15, -0.1) is 10.2 Å². The molecule has 0 spiro atoms. The van der Waals surface area contributed by atoms with Gasteiger partial charge in [0.05, 0.1) is 5.75 Å². The Labute approximate surface area is 216 Å². The Bertz CT molecular complexity index is 1180. The number of rotatable bonds is 8. The summed E-state index contributed by atoms with van der Waals surface area (Å²) >= 11 is 7.58. The minimum atomic E-state index is -0.0438. The van der Waals surface area contributed by atoms with Gasteiger partial charge in [-0.25, -0.2) is 0 Å². The molecule has 1 heterocycles. The number of halogens is 1. The van der Waals surface area contributed by atoms with Gasteiger partial charge in [0.15, 0.2) is 11.0 Å². The van der Waals surface area contributed by atoms with E-state index in [9.17, 15) is 4.79 Å².